The molecule has 0 radical (unpaired) electrons. The van der Waals surface area contributed by atoms with Crippen molar-refractivity contribution < 1.29 is 47.6 Å². The van der Waals surface area contributed by atoms with Crippen LogP contribution in [0, 0.1) is 0 Å². The van der Waals surface area contributed by atoms with Crippen molar-refractivity contribution in [1.82, 2.24) is 0 Å². The quantitative estimate of drug-likeness (QED) is 0.215. The molecule has 5 atom stereocenters. The molecule has 2 rings (SSSR count). The number of carbonyl (C=O) groups excluding carboxylic acids is 4. The Balaban J connectivity index is 2.34. The fraction of sp³-hybridized carbons (Fsp3) is 0.500. The van der Waals surface area contributed by atoms with E-state index in [2.05, 4.69) is 22.4 Å². The highest BCUT2D eigenvalue weighted by molar-refractivity contribution is 7.78. The van der Waals surface area contributed by atoms with Crippen LogP contribution in [0.4, 0.5) is 5.69 Å². The molecule has 1 saturated heterocycles. The predicted molar refractivity (Wildman–Crippen MR) is 118 cm³/mol. The summed E-state index contributed by atoms with van der Waals surface area (Å²) in [4.78, 5) is 50.6. The first-order valence-corrected chi connectivity index (χ1v) is 10.6. The van der Waals surface area contributed by atoms with Gasteiger partial charge in [-0.25, -0.2) is 0 Å². The van der Waals surface area contributed by atoms with Gasteiger partial charge in [0.05, 0.1) is 17.5 Å². The van der Waals surface area contributed by atoms with Crippen LogP contribution >= 0.6 is 12.2 Å². The first-order chi connectivity index (χ1) is 16.1. The van der Waals surface area contributed by atoms with Crippen molar-refractivity contribution in [3.05, 3.63) is 29.8 Å². The normalized spacial score (nSPS) is 23.7. The topological polar surface area (TPSA) is 136 Å². The summed E-state index contributed by atoms with van der Waals surface area (Å²) in [6.07, 6.45) is -6.13. The molecule has 1 aliphatic rings. The average molecular weight is 496 g/mol. The van der Waals surface area contributed by atoms with Gasteiger partial charge in [0.1, 0.15) is 12.7 Å². The van der Waals surface area contributed by atoms with Crippen molar-refractivity contribution in [1.29, 1.82) is 0 Å². The summed E-state index contributed by atoms with van der Waals surface area (Å²) >= 11 is 4.58. The van der Waals surface area contributed by atoms with Crippen molar-refractivity contribution >= 4 is 46.9 Å². The Kier molecular flexibility index (Phi) is 10.3. The van der Waals surface area contributed by atoms with Gasteiger partial charge in [-0.3, -0.25) is 19.2 Å². The van der Waals surface area contributed by atoms with Gasteiger partial charge in [-0.15, -0.1) is 0 Å². The number of benzene rings is 1. The summed E-state index contributed by atoms with van der Waals surface area (Å²) in [6.45, 7) is 4.32. The fourth-order valence-corrected chi connectivity index (χ4v) is 3.33. The van der Waals surface area contributed by atoms with Gasteiger partial charge < -0.3 is 28.4 Å². The molecule has 12 heteroatoms. The van der Waals surface area contributed by atoms with Gasteiger partial charge in [-0.05, 0) is 29.9 Å². The highest BCUT2D eigenvalue weighted by atomic mass is 32.1. The van der Waals surface area contributed by atoms with Crippen LogP contribution < -0.4 is 0 Å². The molecule has 1 aromatic carbocycles. The standard InChI is InChI=1S/C22H25NO10S/c1-12(24)28-10-18-19(30-13(2)25)20(31-14(3)26)21(32-15(4)27)22(33-18)29-9-16-5-7-17(8-6-16)23-11-34/h5-8,18-22H,9-10H2,1-4H3/t18-,19-,20+,21+,22+/m1/s1. The molecular weight excluding hydrogens is 470 g/mol. The molecule has 1 fully saturated rings. The van der Waals surface area contributed by atoms with Crippen LogP contribution in [-0.2, 0) is 54.2 Å². The molecule has 184 valence electrons. The highest BCUT2D eigenvalue weighted by Gasteiger charge is 2.52. The van der Waals surface area contributed by atoms with Crippen LogP contribution in [-0.4, -0.2) is 66.4 Å². The molecule has 0 amide bonds. The maximum absolute atomic E-state index is 11.8. The second-order valence-corrected chi connectivity index (χ2v) is 7.43. The number of hydrogen-bond donors (Lipinski definition) is 0. The lowest BCUT2D eigenvalue weighted by atomic mass is 9.98. The molecule has 1 heterocycles. The second kappa shape index (κ2) is 12.9. The Bertz CT molecular complexity index is 944. The van der Waals surface area contributed by atoms with Crippen molar-refractivity contribution in [2.75, 3.05) is 6.61 Å². The lowest BCUT2D eigenvalue weighted by Crippen LogP contribution is -2.62. The van der Waals surface area contributed by atoms with E-state index in [1.54, 1.807) is 24.3 Å². The van der Waals surface area contributed by atoms with Gasteiger partial charge in [0.15, 0.2) is 24.6 Å². The highest BCUT2D eigenvalue weighted by Crippen LogP contribution is 2.30. The molecule has 11 nitrogen and oxygen atoms in total. The molecule has 0 bridgehead atoms. The van der Waals surface area contributed by atoms with E-state index in [9.17, 15) is 19.2 Å². The maximum atomic E-state index is 11.8. The van der Waals surface area contributed by atoms with Gasteiger partial charge in [0.25, 0.3) is 0 Å². The minimum absolute atomic E-state index is 0.00925. The summed E-state index contributed by atoms with van der Waals surface area (Å²) in [6, 6.07) is 6.86. The van der Waals surface area contributed by atoms with E-state index in [1.165, 1.54) is 6.92 Å². The number of hydrogen-bond acceptors (Lipinski definition) is 12. The van der Waals surface area contributed by atoms with Gasteiger partial charge >= 0.3 is 23.9 Å². The zero-order chi connectivity index (χ0) is 25.3. The third kappa shape index (κ3) is 8.31. The SMILES string of the molecule is CC(=O)OC[C@H]1O[C@H](OCc2ccc(N=C=S)cc2)[C@@H](OC(C)=O)[C@@H](OC(C)=O)[C@@H]1OC(C)=O. The number of ether oxygens (including phenoxy) is 6. The summed E-state index contributed by atoms with van der Waals surface area (Å²) in [7, 11) is 0. The average Bonchev–Trinajstić information content (AvgIpc) is 2.74. The molecule has 0 unspecified atom stereocenters. The summed E-state index contributed by atoms with van der Waals surface area (Å²) < 4.78 is 32.7. The van der Waals surface area contributed by atoms with Gasteiger partial charge in [-0.1, -0.05) is 12.1 Å². The fourth-order valence-electron chi connectivity index (χ4n) is 3.22. The number of nitrogens with zero attached hydrogens (tertiary/aromatic N) is 1. The van der Waals surface area contributed by atoms with Crippen LogP contribution in [0.5, 0.6) is 0 Å². The zero-order valence-electron chi connectivity index (χ0n) is 19.0. The Labute approximate surface area is 201 Å². The van der Waals surface area contributed by atoms with Gasteiger partial charge in [-0.2, -0.15) is 4.99 Å². The van der Waals surface area contributed by atoms with Crippen molar-refractivity contribution in [2.24, 2.45) is 4.99 Å². The smallest absolute Gasteiger partial charge is 0.303 e. The molecule has 0 aliphatic carbocycles. The second-order valence-electron chi connectivity index (χ2n) is 7.25. The van der Waals surface area contributed by atoms with Crippen molar-refractivity contribution in [2.45, 2.75) is 65.0 Å². The first kappa shape index (κ1) is 27.1. The number of thiocarbonyl (C=S) groups is 1. The van der Waals surface area contributed by atoms with Crippen LogP contribution in [0.3, 0.4) is 0 Å². The lowest BCUT2D eigenvalue weighted by Gasteiger charge is -2.44. The number of aliphatic imine (C=N–C) groups is 1. The summed E-state index contributed by atoms with van der Waals surface area (Å²) in [5, 5.41) is 2.27. The Morgan fingerprint density at radius 2 is 1.44 bits per heavy atom. The van der Waals surface area contributed by atoms with E-state index < -0.39 is 54.6 Å². The molecule has 0 saturated carbocycles. The molecule has 1 aromatic rings. The van der Waals surface area contributed by atoms with Crippen LogP contribution in [0.1, 0.15) is 33.3 Å². The minimum Gasteiger partial charge on any atom is -0.463 e. The Hall–Kier alpha value is -3.18. The van der Waals surface area contributed by atoms with Crippen molar-refractivity contribution in [3.63, 3.8) is 0 Å². The number of rotatable bonds is 9. The predicted octanol–water partition coefficient (Wildman–Crippen LogP) is 2.02. The largest absolute Gasteiger partial charge is 0.463 e. The molecular formula is C22H25NO10S. The Morgan fingerprint density at radius 3 is 1.97 bits per heavy atom. The van der Waals surface area contributed by atoms with Crippen LogP contribution in [0.15, 0.2) is 29.3 Å². The third-order valence-corrected chi connectivity index (χ3v) is 4.56. The molecule has 0 aromatic heterocycles. The summed E-state index contributed by atoms with van der Waals surface area (Å²) in [5.41, 5.74) is 1.32. The van der Waals surface area contributed by atoms with E-state index in [1.807, 2.05) is 0 Å². The summed E-state index contributed by atoms with van der Waals surface area (Å²) in [5.74, 6) is -2.74. The molecule has 34 heavy (non-hydrogen) atoms. The van der Waals surface area contributed by atoms with E-state index in [0.717, 1.165) is 26.3 Å². The van der Waals surface area contributed by atoms with Gasteiger partial charge in [0, 0.05) is 27.7 Å². The molecule has 1 aliphatic heterocycles. The molecule has 0 spiro atoms. The van der Waals surface area contributed by atoms with Crippen molar-refractivity contribution in [3.8, 4) is 0 Å². The lowest BCUT2D eigenvalue weighted by molar-refractivity contribution is -0.310. The third-order valence-electron chi connectivity index (χ3n) is 4.47. The van der Waals surface area contributed by atoms with Gasteiger partial charge in [0.2, 0.25) is 0 Å². The van der Waals surface area contributed by atoms with E-state index in [0.29, 0.717) is 5.69 Å². The zero-order valence-corrected chi connectivity index (χ0v) is 19.9. The minimum atomic E-state index is -1.29. The molecule has 0 N–H and O–H groups in total. The van der Waals surface area contributed by atoms with E-state index in [4.69, 9.17) is 28.4 Å². The van der Waals surface area contributed by atoms with Crippen LogP contribution in [0.2, 0.25) is 0 Å². The Morgan fingerprint density at radius 1 is 0.882 bits per heavy atom. The van der Waals surface area contributed by atoms with E-state index >= 15 is 0 Å². The van der Waals surface area contributed by atoms with Crippen LogP contribution in [0.25, 0.3) is 0 Å². The maximum Gasteiger partial charge on any atom is 0.303 e. The first-order valence-electron chi connectivity index (χ1n) is 10.2. The number of esters is 4. The number of carbonyl (C=O) groups is 4. The van der Waals surface area contributed by atoms with E-state index in [-0.39, 0.29) is 13.2 Å². The number of isothiocyanates is 1. The monoisotopic (exact) mass is 495 g/mol.